The Hall–Kier alpha value is -2.18. The van der Waals surface area contributed by atoms with Gasteiger partial charge in [0.25, 0.3) is 0 Å². The van der Waals surface area contributed by atoms with Crippen molar-refractivity contribution in [1.82, 2.24) is 4.98 Å². The Morgan fingerprint density at radius 3 is 2.83 bits per heavy atom. The van der Waals surface area contributed by atoms with E-state index in [2.05, 4.69) is 10.3 Å². The van der Waals surface area contributed by atoms with E-state index in [-0.39, 0.29) is 17.1 Å². The Morgan fingerprint density at radius 2 is 2.33 bits per heavy atom. The lowest BCUT2D eigenvalue weighted by Gasteiger charge is -2.10. The Balaban J connectivity index is 2.97. The number of nitrogens with zero attached hydrogens (tertiary/aromatic N) is 2. The van der Waals surface area contributed by atoms with Crippen LogP contribution < -0.4 is 5.32 Å². The van der Waals surface area contributed by atoms with Crippen molar-refractivity contribution in [3.63, 3.8) is 0 Å². The number of hydrogen-bond donors (Lipinski definition) is 2. The number of pyridine rings is 1. The minimum absolute atomic E-state index is 0.102. The molecule has 1 unspecified atom stereocenters. The maximum absolute atomic E-state index is 10.8. The lowest BCUT2D eigenvalue weighted by atomic mass is 10.1. The van der Waals surface area contributed by atoms with Crippen LogP contribution in [0.3, 0.4) is 0 Å². The zero-order chi connectivity index (χ0) is 13.7. The zero-order valence-corrected chi connectivity index (χ0v) is 10.2. The van der Waals surface area contributed by atoms with Crippen LogP contribution in [0, 0.1) is 16.0 Å². The third-order valence-electron chi connectivity index (χ3n) is 2.63. The molecule has 0 aliphatic rings. The van der Waals surface area contributed by atoms with Crippen molar-refractivity contribution in [2.45, 2.75) is 20.3 Å². The molecule has 0 saturated heterocycles. The average molecular weight is 253 g/mol. The SMILES string of the molecule is CCC(C)CNc1ncc(C(=O)O)cc1[N+](=O)[O-]. The molecular weight excluding hydrogens is 238 g/mol. The summed E-state index contributed by atoms with van der Waals surface area (Å²) in [6, 6.07) is 1.01. The molecule has 7 nitrogen and oxygen atoms in total. The summed E-state index contributed by atoms with van der Waals surface area (Å²) in [7, 11) is 0. The van der Waals surface area contributed by atoms with Crippen molar-refractivity contribution in [2.75, 3.05) is 11.9 Å². The van der Waals surface area contributed by atoms with E-state index >= 15 is 0 Å². The second-order valence-electron chi connectivity index (χ2n) is 4.05. The van der Waals surface area contributed by atoms with Crippen LogP contribution in [0.15, 0.2) is 12.3 Å². The fourth-order valence-corrected chi connectivity index (χ4v) is 1.26. The van der Waals surface area contributed by atoms with Gasteiger partial charge in [-0.05, 0) is 5.92 Å². The second-order valence-corrected chi connectivity index (χ2v) is 4.05. The molecule has 0 fully saturated rings. The van der Waals surface area contributed by atoms with E-state index in [0.717, 1.165) is 18.7 Å². The Kier molecular flexibility index (Phi) is 4.59. The number of aromatic nitrogens is 1. The summed E-state index contributed by atoms with van der Waals surface area (Å²) < 4.78 is 0. The van der Waals surface area contributed by atoms with Gasteiger partial charge in [0.05, 0.1) is 10.5 Å². The number of hydrogen-bond acceptors (Lipinski definition) is 5. The van der Waals surface area contributed by atoms with Gasteiger partial charge in [0, 0.05) is 18.8 Å². The van der Waals surface area contributed by atoms with Crippen LogP contribution in [0.4, 0.5) is 11.5 Å². The number of aromatic carboxylic acids is 1. The van der Waals surface area contributed by atoms with Gasteiger partial charge in [-0.25, -0.2) is 9.78 Å². The van der Waals surface area contributed by atoms with E-state index in [9.17, 15) is 14.9 Å². The van der Waals surface area contributed by atoms with E-state index in [1.807, 2.05) is 13.8 Å². The molecule has 0 amide bonds. The van der Waals surface area contributed by atoms with Gasteiger partial charge < -0.3 is 10.4 Å². The predicted molar refractivity (Wildman–Crippen MR) is 65.8 cm³/mol. The number of anilines is 1. The molecule has 0 aliphatic heterocycles. The Labute approximate surface area is 104 Å². The zero-order valence-electron chi connectivity index (χ0n) is 10.2. The number of nitro groups is 1. The maximum atomic E-state index is 10.8. The first-order valence-corrected chi connectivity index (χ1v) is 5.57. The van der Waals surface area contributed by atoms with Gasteiger partial charge in [-0.3, -0.25) is 10.1 Å². The smallest absolute Gasteiger partial charge is 0.337 e. The standard InChI is InChI=1S/C11H15N3O4/c1-3-7(2)5-12-10-9(14(17)18)4-8(6-13-10)11(15)16/h4,6-7H,3,5H2,1-2H3,(H,12,13)(H,15,16). The molecule has 1 heterocycles. The highest BCUT2D eigenvalue weighted by atomic mass is 16.6. The highest BCUT2D eigenvalue weighted by Gasteiger charge is 2.18. The molecule has 0 aromatic carbocycles. The van der Waals surface area contributed by atoms with Gasteiger partial charge in [0.15, 0.2) is 0 Å². The van der Waals surface area contributed by atoms with Crippen molar-refractivity contribution in [2.24, 2.45) is 5.92 Å². The third kappa shape index (κ3) is 3.41. The first-order valence-electron chi connectivity index (χ1n) is 5.57. The minimum atomic E-state index is -1.24. The summed E-state index contributed by atoms with van der Waals surface area (Å²) in [4.78, 5) is 24.7. The number of nitrogens with one attached hydrogen (secondary N) is 1. The normalized spacial score (nSPS) is 11.9. The molecular formula is C11H15N3O4. The molecule has 0 bridgehead atoms. The molecule has 1 rings (SSSR count). The highest BCUT2D eigenvalue weighted by Crippen LogP contribution is 2.23. The number of rotatable bonds is 6. The summed E-state index contributed by atoms with van der Waals surface area (Å²) in [5, 5.41) is 22.5. The van der Waals surface area contributed by atoms with E-state index in [1.165, 1.54) is 0 Å². The fourth-order valence-electron chi connectivity index (χ4n) is 1.26. The molecule has 7 heteroatoms. The van der Waals surface area contributed by atoms with Crippen LogP contribution in [0.5, 0.6) is 0 Å². The van der Waals surface area contributed by atoms with Crippen molar-refractivity contribution >= 4 is 17.5 Å². The van der Waals surface area contributed by atoms with E-state index in [1.54, 1.807) is 0 Å². The van der Waals surface area contributed by atoms with Gasteiger partial charge in [0.2, 0.25) is 5.82 Å². The van der Waals surface area contributed by atoms with E-state index < -0.39 is 10.9 Å². The summed E-state index contributed by atoms with van der Waals surface area (Å²) in [5.74, 6) is -0.782. The predicted octanol–water partition coefficient (Wildman–Crippen LogP) is 2.15. The third-order valence-corrected chi connectivity index (χ3v) is 2.63. The second kappa shape index (κ2) is 5.95. The lowest BCUT2D eigenvalue weighted by Crippen LogP contribution is -2.13. The molecule has 0 saturated carbocycles. The first-order chi connectivity index (χ1) is 8.45. The molecule has 18 heavy (non-hydrogen) atoms. The van der Waals surface area contributed by atoms with Crippen molar-refractivity contribution in [3.8, 4) is 0 Å². The van der Waals surface area contributed by atoms with Gasteiger partial charge >= 0.3 is 11.7 Å². The monoisotopic (exact) mass is 253 g/mol. The molecule has 0 radical (unpaired) electrons. The number of carbonyl (C=O) groups is 1. The molecule has 1 aromatic heterocycles. The summed E-state index contributed by atoms with van der Waals surface area (Å²) >= 11 is 0. The van der Waals surface area contributed by atoms with Crippen LogP contribution in [0.25, 0.3) is 0 Å². The first kappa shape index (κ1) is 13.9. The van der Waals surface area contributed by atoms with Crippen molar-refractivity contribution in [1.29, 1.82) is 0 Å². The van der Waals surface area contributed by atoms with Crippen LogP contribution in [0.2, 0.25) is 0 Å². The summed E-state index contributed by atoms with van der Waals surface area (Å²) in [6.07, 6.45) is 2.04. The summed E-state index contributed by atoms with van der Waals surface area (Å²) in [6.45, 7) is 4.57. The average Bonchev–Trinajstić information content (AvgIpc) is 2.35. The van der Waals surface area contributed by atoms with E-state index in [0.29, 0.717) is 12.5 Å². The maximum Gasteiger partial charge on any atom is 0.337 e. The molecule has 1 aromatic rings. The van der Waals surface area contributed by atoms with Crippen LogP contribution in [0.1, 0.15) is 30.6 Å². The van der Waals surface area contributed by atoms with Crippen LogP contribution in [-0.2, 0) is 0 Å². The van der Waals surface area contributed by atoms with Gasteiger partial charge in [-0.15, -0.1) is 0 Å². The van der Waals surface area contributed by atoms with Gasteiger partial charge in [-0.1, -0.05) is 20.3 Å². The van der Waals surface area contributed by atoms with Crippen LogP contribution >= 0.6 is 0 Å². The Morgan fingerprint density at radius 1 is 1.67 bits per heavy atom. The van der Waals surface area contributed by atoms with Gasteiger partial charge in [-0.2, -0.15) is 0 Å². The molecule has 0 aliphatic carbocycles. The number of carboxylic acid groups (broad SMARTS) is 1. The summed E-state index contributed by atoms with van der Waals surface area (Å²) in [5.41, 5.74) is -0.519. The number of carboxylic acids is 1. The van der Waals surface area contributed by atoms with Crippen molar-refractivity contribution < 1.29 is 14.8 Å². The van der Waals surface area contributed by atoms with Crippen molar-refractivity contribution in [3.05, 3.63) is 27.9 Å². The molecule has 2 N–H and O–H groups in total. The lowest BCUT2D eigenvalue weighted by molar-refractivity contribution is -0.384. The quantitative estimate of drug-likeness (QED) is 0.594. The molecule has 98 valence electrons. The topological polar surface area (TPSA) is 105 Å². The van der Waals surface area contributed by atoms with Gasteiger partial charge in [0.1, 0.15) is 0 Å². The van der Waals surface area contributed by atoms with E-state index in [4.69, 9.17) is 5.11 Å². The fraction of sp³-hybridized carbons (Fsp3) is 0.455. The minimum Gasteiger partial charge on any atom is -0.478 e. The largest absolute Gasteiger partial charge is 0.478 e. The highest BCUT2D eigenvalue weighted by molar-refractivity contribution is 5.88. The molecule has 0 spiro atoms. The Bertz CT molecular complexity index is 462. The molecule has 1 atom stereocenters. The van der Waals surface area contributed by atoms with Crippen LogP contribution in [-0.4, -0.2) is 27.5 Å².